The molecule has 0 radical (unpaired) electrons. The summed E-state index contributed by atoms with van der Waals surface area (Å²) in [6.07, 6.45) is 1.30. The highest BCUT2D eigenvalue weighted by molar-refractivity contribution is 7.07. The van der Waals surface area contributed by atoms with Crippen molar-refractivity contribution in [3.05, 3.63) is 108 Å². The number of hydrogen-bond acceptors (Lipinski definition) is 6. The standard InChI is InChI=1S/C28H24ClN3O4S/c1-5-14-31-20-9-7-6-8-19(20)22(25(31)33)24-26(34)32-23(17-10-12-18(29)13-11-17)21(27(35)36-15(2)3)16(4)30-28(32)37-24/h5-13,15,23H,1,14H2,2-4H3/b24-22-. The van der Waals surface area contributed by atoms with Crippen molar-refractivity contribution in [2.24, 2.45) is 4.99 Å². The molecule has 0 N–H and O–H groups in total. The van der Waals surface area contributed by atoms with Crippen molar-refractivity contribution < 1.29 is 14.3 Å². The molecule has 1 unspecified atom stereocenters. The number of hydrogen-bond donors (Lipinski definition) is 0. The zero-order valence-corrected chi connectivity index (χ0v) is 22.1. The Labute approximate surface area is 222 Å². The van der Waals surface area contributed by atoms with Crippen LogP contribution in [0.4, 0.5) is 5.69 Å². The average Bonchev–Trinajstić information content (AvgIpc) is 3.31. The normalized spacial score (nSPS) is 18.0. The van der Waals surface area contributed by atoms with Crippen molar-refractivity contribution in [1.29, 1.82) is 0 Å². The zero-order chi connectivity index (χ0) is 26.4. The summed E-state index contributed by atoms with van der Waals surface area (Å²) in [7, 11) is 0. The van der Waals surface area contributed by atoms with E-state index in [2.05, 4.69) is 11.6 Å². The third-order valence-electron chi connectivity index (χ3n) is 6.21. The number of esters is 1. The Morgan fingerprint density at radius 1 is 1.19 bits per heavy atom. The number of aromatic nitrogens is 1. The van der Waals surface area contributed by atoms with Gasteiger partial charge in [0.1, 0.15) is 4.53 Å². The minimum Gasteiger partial charge on any atom is -0.459 e. The van der Waals surface area contributed by atoms with Crippen molar-refractivity contribution in [2.75, 3.05) is 11.4 Å². The van der Waals surface area contributed by atoms with Gasteiger partial charge in [-0.2, -0.15) is 0 Å². The molecule has 1 atom stereocenters. The highest BCUT2D eigenvalue weighted by Crippen LogP contribution is 2.35. The van der Waals surface area contributed by atoms with Crippen LogP contribution in [0.5, 0.6) is 0 Å². The molecule has 0 aliphatic carbocycles. The first-order chi connectivity index (χ1) is 17.7. The van der Waals surface area contributed by atoms with Gasteiger partial charge in [-0.3, -0.25) is 14.2 Å². The molecule has 0 saturated heterocycles. The Bertz CT molecular complexity index is 1660. The molecular weight excluding hydrogens is 510 g/mol. The number of carbonyl (C=O) groups excluding carboxylic acids is 2. The third-order valence-corrected chi connectivity index (χ3v) is 7.51. The summed E-state index contributed by atoms with van der Waals surface area (Å²) < 4.78 is 7.28. The van der Waals surface area contributed by atoms with Gasteiger partial charge in [0.2, 0.25) is 0 Å². The molecule has 37 heavy (non-hydrogen) atoms. The maximum atomic E-state index is 14.1. The molecular formula is C28H24ClN3O4S. The fourth-order valence-corrected chi connectivity index (χ4v) is 5.94. The second-order valence-corrected chi connectivity index (χ2v) is 10.4. The van der Waals surface area contributed by atoms with Gasteiger partial charge in [-0.15, -0.1) is 6.58 Å². The predicted octanol–water partition coefficient (Wildman–Crippen LogP) is 3.74. The van der Waals surface area contributed by atoms with Crippen LogP contribution in [0.2, 0.25) is 5.02 Å². The number of allylic oxidation sites excluding steroid dienone is 1. The van der Waals surface area contributed by atoms with Crippen LogP contribution >= 0.6 is 22.9 Å². The van der Waals surface area contributed by atoms with Gasteiger partial charge in [0, 0.05) is 17.1 Å². The minimum absolute atomic E-state index is 0.270. The van der Waals surface area contributed by atoms with Crippen LogP contribution in [0.3, 0.4) is 0 Å². The number of carbonyl (C=O) groups is 2. The van der Waals surface area contributed by atoms with E-state index >= 15 is 0 Å². The summed E-state index contributed by atoms with van der Waals surface area (Å²) in [5.41, 5.74) is 2.73. The van der Waals surface area contributed by atoms with Crippen LogP contribution < -0.4 is 19.8 Å². The molecule has 0 spiro atoms. The fourth-order valence-electron chi connectivity index (χ4n) is 4.68. The molecule has 7 nitrogen and oxygen atoms in total. The second kappa shape index (κ2) is 9.61. The van der Waals surface area contributed by atoms with Crippen LogP contribution in [0, 0.1) is 0 Å². The topological polar surface area (TPSA) is 81.0 Å². The molecule has 0 fully saturated rings. The van der Waals surface area contributed by atoms with Crippen molar-refractivity contribution >= 4 is 46.1 Å². The summed E-state index contributed by atoms with van der Waals surface area (Å²) >= 11 is 7.27. The van der Waals surface area contributed by atoms with E-state index in [1.165, 1.54) is 4.57 Å². The number of para-hydroxylation sites is 1. The van der Waals surface area contributed by atoms with E-state index in [0.717, 1.165) is 17.0 Å². The lowest BCUT2D eigenvalue weighted by Crippen LogP contribution is -2.41. The zero-order valence-electron chi connectivity index (χ0n) is 20.5. The van der Waals surface area contributed by atoms with E-state index in [9.17, 15) is 14.4 Å². The maximum absolute atomic E-state index is 14.1. The first-order valence-electron chi connectivity index (χ1n) is 11.8. The maximum Gasteiger partial charge on any atom is 0.338 e. The van der Waals surface area contributed by atoms with Crippen LogP contribution in [0.1, 0.15) is 37.9 Å². The van der Waals surface area contributed by atoms with Crippen LogP contribution in [-0.2, 0) is 14.3 Å². The number of thiazole rings is 1. The number of nitrogens with zero attached hydrogens (tertiary/aromatic N) is 3. The number of ether oxygens (including phenoxy) is 1. The molecule has 0 bridgehead atoms. The summed E-state index contributed by atoms with van der Waals surface area (Å²) in [5, 5.41) is 0.529. The number of fused-ring (bicyclic) bond motifs is 2. The largest absolute Gasteiger partial charge is 0.459 e. The van der Waals surface area contributed by atoms with E-state index < -0.39 is 17.6 Å². The van der Waals surface area contributed by atoms with E-state index in [0.29, 0.717) is 38.8 Å². The number of rotatable bonds is 5. The summed E-state index contributed by atoms with van der Waals surface area (Å²) in [5.74, 6) is -0.821. The van der Waals surface area contributed by atoms with Gasteiger partial charge >= 0.3 is 5.97 Å². The van der Waals surface area contributed by atoms with Crippen molar-refractivity contribution in [2.45, 2.75) is 32.9 Å². The number of halogens is 1. The molecule has 1 amide bonds. The lowest BCUT2D eigenvalue weighted by molar-refractivity contribution is -0.143. The number of amides is 1. The third kappa shape index (κ3) is 4.16. The van der Waals surface area contributed by atoms with Gasteiger partial charge in [0.05, 0.1) is 34.7 Å². The predicted molar refractivity (Wildman–Crippen MR) is 144 cm³/mol. The SMILES string of the molecule is C=CCN1C(=O)/C(=c2\sc3n(c2=O)C(c2ccc(Cl)cc2)C(C(=O)OC(C)C)=C(C)N=3)c2ccccc21. The van der Waals surface area contributed by atoms with Crippen molar-refractivity contribution in [3.8, 4) is 0 Å². The number of anilines is 1. The monoisotopic (exact) mass is 533 g/mol. The molecule has 5 rings (SSSR count). The lowest BCUT2D eigenvalue weighted by Gasteiger charge is -2.25. The van der Waals surface area contributed by atoms with Gasteiger partial charge in [0.15, 0.2) is 4.80 Å². The van der Waals surface area contributed by atoms with Crippen molar-refractivity contribution in [3.63, 3.8) is 0 Å². The van der Waals surface area contributed by atoms with Crippen molar-refractivity contribution in [1.82, 2.24) is 4.57 Å². The summed E-state index contributed by atoms with van der Waals surface area (Å²) in [4.78, 5) is 47.5. The smallest absolute Gasteiger partial charge is 0.338 e. The first kappa shape index (κ1) is 24.9. The summed E-state index contributed by atoms with van der Waals surface area (Å²) in [6.45, 7) is 9.33. The number of benzene rings is 2. The minimum atomic E-state index is -0.787. The Hall–Kier alpha value is -3.75. The first-order valence-corrected chi connectivity index (χ1v) is 13.0. The van der Waals surface area contributed by atoms with Gasteiger partial charge in [-0.1, -0.05) is 59.3 Å². The van der Waals surface area contributed by atoms with Gasteiger partial charge in [-0.05, 0) is 44.5 Å². The van der Waals surface area contributed by atoms with E-state index in [1.54, 1.807) is 56.0 Å². The van der Waals surface area contributed by atoms with E-state index in [4.69, 9.17) is 16.3 Å². The highest BCUT2D eigenvalue weighted by atomic mass is 35.5. The van der Waals surface area contributed by atoms with Crippen LogP contribution in [-0.4, -0.2) is 29.1 Å². The molecule has 2 aliphatic rings. The molecule has 9 heteroatoms. The van der Waals surface area contributed by atoms with Gasteiger partial charge < -0.3 is 9.64 Å². The molecule has 188 valence electrons. The second-order valence-electron chi connectivity index (χ2n) is 9.00. The molecule has 3 aromatic rings. The molecule has 0 saturated carbocycles. The Morgan fingerprint density at radius 3 is 2.57 bits per heavy atom. The molecule has 3 heterocycles. The molecule has 1 aromatic heterocycles. The Balaban J connectivity index is 1.80. The molecule has 2 aliphatic heterocycles. The lowest BCUT2D eigenvalue weighted by atomic mass is 9.96. The highest BCUT2D eigenvalue weighted by Gasteiger charge is 2.37. The van der Waals surface area contributed by atoms with E-state index in [-0.39, 0.29) is 22.1 Å². The quantitative estimate of drug-likeness (QED) is 0.369. The Kier molecular flexibility index (Phi) is 6.47. The van der Waals surface area contributed by atoms with E-state index in [1.807, 2.05) is 24.3 Å². The fraction of sp³-hybridized carbons (Fsp3) is 0.214. The van der Waals surface area contributed by atoms with Gasteiger partial charge in [0.25, 0.3) is 11.5 Å². The average molecular weight is 534 g/mol. The summed E-state index contributed by atoms with van der Waals surface area (Å²) in [6, 6.07) is 13.5. The van der Waals surface area contributed by atoms with Crippen LogP contribution in [0.25, 0.3) is 5.57 Å². The Morgan fingerprint density at radius 2 is 1.89 bits per heavy atom. The van der Waals surface area contributed by atoms with Crippen LogP contribution in [0.15, 0.2) is 82.2 Å². The van der Waals surface area contributed by atoms with Gasteiger partial charge in [-0.25, -0.2) is 9.79 Å². The molecule has 2 aromatic carbocycles.